The first-order valence-corrected chi connectivity index (χ1v) is 10.8. The summed E-state index contributed by atoms with van der Waals surface area (Å²) in [6.45, 7) is 2.45. The molecule has 0 aliphatic heterocycles. The van der Waals surface area contributed by atoms with Crippen molar-refractivity contribution in [2.75, 3.05) is 5.32 Å². The van der Waals surface area contributed by atoms with E-state index in [-0.39, 0.29) is 18.2 Å². The Labute approximate surface area is 199 Å². The van der Waals surface area contributed by atoms with Gasteiger partial charge < -0.3 is 14.5 Å². The Balaban J connectivity index is 1.40. The van der Waals surface area contributed by atoms with Crippen molar-refractivity contribution in [2.45, 2.75) is 20.1 Å². The number of hydrogen-bond acceptors (Lipinski definition) is 4. The van der Waals surface area contributed by atoms with Gasteiger partial charge in [0.2, 0.25) is 0 Å². The highest BCUT2D eigenvalue weighted by Gasteiger charge is 2.17. The van der Waals surface area contributed by atoms with Crippen molar-refractivity contribution in [1.82, 2.24) is 9.78 Å². The van der Waals surface area contributed by atoms with Gasteiger partial charge in [0.25, 0.3) is 5.91 Å². The van der Waals surface area contributed by atoms with E-state index < -0.39 is 5.91 Å². The Morgan fingerprint density at radius 2 is 1.81 bits per heavy atom. The summed E-state index contributed by atoms with van der Waals surface area (Å²) < 4.78 is 13.0. The SMILES string of the molecule is Cc1cccc(Cl)c1OCc1ccc(C(=O)Nc2nn(Cc3ccccc3Cl)cc2Cl)o1. The molecule has 0 aliphatic carbocycles. The minimum atomic E-state index is -0.477. The smallest absolute Gasteiger partial charge is 0.292 e. The molecule has 0 saturated heterocycles. The fourth-order valence-corrected chi connectivity index (χ4v) is 3.72. The van der Waals surface area contributed by atoms with E-state index in [4.69, 9.17) is 44.0 Å². The number of amides is 1. The highest BCUT2D eigenvalue weighted by atomic mass is 35.5. The maximum Gasteiger partial charge on any atom is 0.292 e. The van der Waals surface area contributed by atoms with E-state index in [1.165, 1.54) is 0 Å². The average Bonchev–Trinajstić information content (AvgIpc) is 3.36. The van der Waals surface area contributed by atoms with Gasteiger partial charge >= 0.3 is 0 Å². The fraction of sp³-hybridized carbons (Fsp3) is 0.130. The number of carbonyl (C=O) groups excluding carboxylic acids is 1. The van der Waals surface area contributed by atoms with Crippen molar-refractivity contribution in [3.05, 3.63) is 98.5 Å². The predicted molar refractivity (Wildman–Crippen MR) is 125 cm³/mol. The van der Waals surface area contributed by atoms with Crippen LogP contribution in [0.3, 0.4) is 0 Å². The lowest BCUT2D eigenvalue weighted by Gasteiger charge is -2.09. The van der Waals surface area contributed by atoms with Crippen molar-refractivity contribution in [3.8, 4) is 5.75 Å². The maximum atomic E-state index is 12.6. The summed E-state index contributed by atoms with van der Waals surface area (Å²) in [5.74, 6) is 0.910. The maximum absolute atomic E-state index is 12.6. The van der Waals surface area contributed by atoms with E-state index in [0.717, 1.165) is 11.1 Å². The highest BCUT2D eigenvalue weighted by molar-refractivity contribution is 6.33. The summed E-state index contributed by atoms with van der Waals surface area (Å²) in [4.78, 5) is 12.6. The Hall–Kier alpha value is -2.93. The van der Waals surface area contributed by atoms with Crippen LogP contribution in [0.15, 0.2) is 65.2 Å². The van der Waals surface area contributed by atoms with Crippen LogP contribution in [0.25, 0.3) is 0 Å². The van der Waals surface area contributed by atoms with Gasteiger partial charge in [0, 0.05) is 11.2 Å². The average molecular weight is 491 g/mol. The molecule has 0 unspecified atom stereocenters. The molecule has 32 heavy (non-hydrogen) atoms. The number of hydrogen-bond donors (Lipinski definition) is 1. The van der Waals surface area contributed by atoms with Gasteiger partial charge in [0.15, 0.2) is 11.6 Å². The monoisotopic (exact) mass is 489 g/mol. The molecule has 0 radical (unpaired) electrons. The van der Waals surface area contributed by atoms with Gasteiger partial charge in [0.1, 0.15) is 23.1 Å². The molecule has 4 aromatic rings. The Kier molecular flexibility index (Phi) is 6.74. The molecular weight excluding hydrogens is 473 g/mol. The number of anilines is 1. The highest BCUT2D eigenvalue weighted by Crippen LogP contribution is 2.29. The van der Waals surface area contributed by atoms with E-state index in [1.54, 1.807) is 35.1 Å². The van der Waals surface area contributed by atoms with Gasteiger partial charge in [-0.25, -0.2) is 0 Å². The summed E-state index contributed by atoms with van der Waals surface area (Å²) in [5.41, 5.74) is 1.79. The molecule has 0 atom stereocenters. The fourth-order valence-electron chi connectivity index (χ4n) is 3.05. The number of carbonyl (C=O) groups is 1. The second kappa shape index (κ2) is 9.69. The van der Waals surface area contributed by atoms with Gasteiger partial charge in [0.05, 0.1) is 11.6 Å². The molecule has 2 aromatic heterocycles. The third kappa shape index (κ3) is 5.10. The number of benzene rings is 2. The van der Waals surface area contributed by atoms with Gasteiger partial charge in [-0.05, 0) is 42.3 Å². The molecule has 4 rings (SSSR count). The number of para-hydroxylation sites is 1. The third-order valence-electron chi connectivity index (χ3n) is 4.65. The summed E-state index contributed by atoms with van der Waals surface area (Å²) in [6.07, 6.45) is 1.62. The van der Waals surface area contributed by atoms with Crippen LogP contribution in [0.1, 0.15) is 27.4 Å². The number of aromatic nitrogens is 2. The number of furan rings is 1. The normalized spacial score (nSPS) is 10.9. The van der Waals surface area contributed by atoms with E-state index in [0.29, 0.717) is 33.1 Å². The van der Waals surface area contributed by atoms with Crippen LogP contribution in [-0.4, -0.2) is 15.7 Å². The molecule has 9 heteroatoms. The molecule has 2 heterocycles. The zero-order valence-corrected chi connectivity index (χ0v) is 19.2. The quantitative estimate of drug-likeness (QED) is 0.316. The number of ether oxygens (including phenoxy) is 1. The molecule has 2 aromatic carbocycles. The Morgan fingerprint density at radius 3 is 2.59 bits per heavy atom. The molecule has 6 nitrogen and oxygen atoms in total. The largest absolute Gasteiger partial charge is 0.484 e. The molecule has 0 aliphatic rings. The lowest BCUT2D eigenvalue weighted by Crippen LogP contribution is -2.12. The molecular formula is C23H18Cl3N3O3. The minimum absolute atomic E-state index is 0.108. The predicted octanol–water partition coefficient (Wildman–Crippen LogP) is 6.62. The van der Waals surface area contributed by atoms with Crippen LogP contribution in [-0.2, 0) is 13.2 Å². The summed E-state index contributed by atoms with van der Waals surface area (Å²) >= 11 is 18.6. The second-order valence-corrected chi connectivity index (χ2v) is 8.23. The van der Waals surface area contributed by atoms with Gasteiger partial charge in [-0.15, -0.1) is 0 Å². The van der Waals surface area contributed by atoms with Crippen LogP contribution in [0.4, 0.5) is 5.82 Å². The summed E-state index contributed by atoms with van der Waals surface area (Å²) in [5, 5.41) is 8.43. The summed E-state index contributed by atoms with van der Waals surface area (Å²) in [7, 11) is 0. The number of rotatable bonds is 7. The number of aryl methyl sites for hydroxylation is 1. The van der Waals surface area contributed by atoms with Crippen LogP contribution >= 0.6 is 34.8 Å². The zero-order chi connectivity index (χ0) is 22.7. The van der Waals surface area contributed by atoms with Gasteiger partial charge in [-0.1, -0.05) is 65.1 Å². The first-order chi connectivity index (χ1) is 15.4. The minimum Gasteiger partial charge on any atom is -0.484 e. The van der Waals surface area contributed by atoms with Gasteiger partial charge in [-0.3, -0.25) is 9.48 Å². The topological polar surface area (TPSA) is 69.3 Å². The van der Waals surface area contributed by atoms with Crippen LogP contribution in [0.2, 0.25) is 15.1 Å². The van der Waals surface area contributed by atoms with Crippen LogP contribution in [0, 0.1) is 6.92 Å². The zero-order valence-electron chi connectivity index (χ0n) is 16.9. The van der Waals surface area contributed by atoms with Gasteiger partial charge in [-0.2, -0.15) is 5.10 Å². The van der Waals surface area contributed by atoms with Crippen molar-refractivity contribution in [2.24, 2.45) is 0 Å². The lowest BCUT2D eigenvalue weighted by atomic mass is 10.2. The number of nitrogens with zero attached hydrogens (tertiary/aromatic N) is 2. The number of nitrogens with one attached hydrogen (secondary N) is 1. The Bertz CT molecular complexity index is 1250. The van der Waals surface area contributed by atoms with E-state index in [9.17, 15) is 4.79 Å². The van der Waals surface area contributed by atoms with Crippen molar-refractivity contribution < 1.29 is 13.9 Å². The van der Waals surface area contributed by atoms with Crippen LogP contribution in [0.5, 0.6) is 5.75 Å². The standard InChI is InChI=1S/C23H18Cl3N3O3/c1-14-5-4-8-18(25)21(14)31-13-16-9-10-20(32-16)23(30)27-22-19(26)12-29(28-22)11-15-6-2-3-7-17(15)24/h2-10,12H,11,13H2,1H3,(H,27,28,30). The van der Waals surface area contributed by atoms with E-state index in [2.05, 4.69) is 10.4 Å². The number of halogens is 3. The van der Waals surface area contributed by atoms with Crippen molar-refractivity contribution in [1.29, 1.82) is 0 Å². The van der Waals surface area contributed by atoms with E-state index >= 15 is 0 Å². The summed E-state index contributed by atoms with van der Waals surface area (Å²) in [6, 6.07) is 16.2. The molecule has 0 spiro atoms. The molecule has 164 valence electrons. The molecule has 1 N–H and O–H groups in total. The first-order valence-electron chi connectivity index (χ1n) is 9.65. The second-order valence-electron chi connectivity index (χ2n) is 7.01. The van der Waals surface area contributed by atoms with Crippen molar-refractivity contribution >= 4 is 46.5 Å². The third-order valence-corrected chi connectivity index (χ3v) is 5.59. The van der Waals surface area contributed by atoms with Crippen molar-refractivity contribution in [3.63, 3.8) is 0 Å². The Morgan fingerprint density at radius 1 is 1.03 bits per heavy atom. The molecule has 0 bridgehead atoms. The molecule has 0 saturated carbocycles. The van der Waals surface area contributed by atoms with E-state index in [1.807, 2.05) is 37.3 Å². The molecule has 0 fully saturated rings. The molecule has 1 amide bonds. The lowest BCUT2D eigenvalue weighted by molar-refractivity contribution is 0.0992. The van der Waals surface area contributed by atoms with Crippen LogP contribution < -0.4 is 10.1 Å². The first kappa shape index (κ1) is 22.3.